The molecule has 0 bridgehead atoms. The van der Waals surface area contributed by atoms with Gasteiger partial charge in [-0.05, 0) is 28.6 Å². The second-order valence-corrected chi connectivity index (χ2v) is 3.66. The van der Waals surface area contributed by atoms with Gasteiger partial charge in [-0.2, -0.15) is 0 Å². The van der Waals surface area contributed by atoms with Crippen molar-refractivity contribution in [3.8, 4) is 5.69 Å². The molecule has 88 valence electrons. The predicted octanol–water partition coefficient (Wildman–Crippen LogP) is 1.13. The summed E-state index contributed by atoms with van der Waals surface area (Å²) in [5, 5.41) is 13.1. The lowest BCUT2D eigenvalue weighted by atomic mass is 10.2. The van der Waals surface area contributed by atoms with Crippen molar-refractivity contribution in [1.82, 2.24) is 20.2 Å². The lowest BCUT2D eigenvalue weighted by Crippen LogP contribution is -2.13. The number of nitrogens with zero attached hydrogens (tertiary/aromatic N) is 4. The molecular formula is C9H7BrFN5O. The Kier molecular flexibility index (Phi) is 3.43. The number of hydrogen-bond donors (Lipinski definition) is 1. The lowest BCUT2D eigenvalue weighted by Gasteiger charge is -2.06. The van der Waals surface area contributed by atoms with Gasteiger partial charge in [0.15, 0.2) is 0 Å². The summed E-state index contributed by atoms with van der Waals surface area (Å²) in [7, 11) is 0. The summed E-state index contributed by atoms with van der Waals surface area (Å²) >= 11 is 2.98. The summed E-state index contributed by atoms with van der Waals surface area (Å²) in [6.07, 6.45) is 1.38. The van der Waals surface area contributed by atoms with Crippen LogP contribution in [0.2, 0.25) is 0 Å². The molecule has 17 heavy (non-hydrogen) atoms. The highest BCUT2D eigenvalue weighted by Crippen LogP contribution is 2.18. The Morgan fingerprint density at radius 3 is 3.00 bits per heavy atom. The molecule has 0 fully saturated rings. The highest BCUT2D eigenvalue weighted by Gasteiger charge is 2.08. The molecule has 0 aliphatic rings. The number of hydrogen-bond acceptors (Lipinski definition) is 4. The second kappa shape index (κ2) is 5.00. The molecule has 0 aliphatic heterocycles. The Hall–Kier alpha value is -1.83. The fourth-order valence-electron chi connectivity index (χ4n) is 1.21. The summed E-state index contributed by atoms with van der Waals surface area (Å²) in [5.41, 5.74) is 0.642. The van der Waals surface area contributed by atoms with Gasteiger partial charge in [0.25, 0.3) is 0 Å². The van der Waals surface area contributed by atoms with Crippen LogP contribution in [0.25, 0.3) is 5.69 Å². The highest BCUT2D eigenvalue weighted by molar-refractivity contribution is 9.09. The van der Waals surface area contributed by atoms with E-state index in [9.17, 15) is 9.18 Å². The maximum absolute atomic E-state index is 13.4. The first-order valence-corrected chi connectivity index (χ1v) is 5.71. The van der Waals surface area contributed by atoms with E-state index in [-0.39, 0.29) is 16.9 Å². The van der Waals surface area contributed by atoms with Crippen LogP contribution in [0.5, 0.6) is 0 Å². The number of tetrazole rings is 1. The molecule has 2 aromatic rings. The minimum Gasteiger partial charge on any atom is -0.323 e. The zero-order chi connectivity index (χ0) is 12.3. The van der Waals surface area contributed by atoms with Crippen LogP contribution in [-0.2, 0) is 4.79 Å². The highest BCUT2D eigenvalue weighted by atomic mass is 79.9. The normalized spacial score (nSPS) is 10.2. The molecule has 0 saturated carbocycles. The van der Waals surface area contributed by atoms with Gasteiger partial charge in [0, 0.05) is 0 Å². The number of amides is 1. The minimum atomic E-state index is -0.517. The summed E-state index contributed by atoms with van der Waals surface area (Å²) in [4.78, 5) is 11.2. The van der Waals surface area contributed by atoms with Crippen LogP contribution in [0.4, 0.5) is 10.1 Å². The van der Waals surface area contributed by atoms with E-state index >= 15 is 0 Å². The molecule has 1 amide bonds. The molecule has 1 aromatic carbocycles. The van der Waals surface area contributed by atoms with Crippen molar-refractivity contribution in [1.29, 1.82) is 0 Å². The van der Waals surface area contributed by atoms with Crippen molar-refractivity contribution in [3.05, 3.63) is 30.3 Å². The number of rotatable bonds is 3. The number of alkyl halides is 1. The summed E-state index contributed by atoms with van der Waals surface area (Å²) in [5.74, 6) is -0.853. The van der Waals surface area contributed by atoms with E-state index in [1.807, 2.05) is 0 Å². The van der Waals surface area contributed by atoms with E-state index in [0.29, 0.717) is 5.69 Å². The molecular weight excluding hydrogens is 293 g/mol. The van der Waals surface area contributed by atoms with E-state index in [1.165, 1.54) is 29.2 Å². The summed E-state index contributed by atoms with van der Waals surface area (Å²) < 4.78 is 14.8. The van der Waals surface area contributed by atoms with Gasteiger partial charge in [-0.1, -0.05) is 15.9 Å². The molecule has 0 saturated heterocycles. The molecule has 8 heteroatoms. The van der Waals surface area contributed by atoms with E-state index in [1.54, 1.807) is 0 Å². The van der Waals surface area contributed by atoms with E-state index < -0.39 is 5.82 Å². The predicted molar refractivity (Wildman–Crippen MR) is 61.5 cm³/mol. The van der Waals surface area contributed by atoms with E-state index in [0.717, 1.165) is 0 Å². The Morgan fingerprint density at radius 2 is 2.35 bits per heavy atom. The smallest absolute Gasteiger partial charge is 0.235 e. The van der Waals surface area contributed by atoms with Crippen molar-refractivity contribution in [3.63, 3.8) is 0 Å². The fourth-order valence-corrected chi connectivity index (χ4v) is 1.35. The van der Waals surface area contributed by atoms with Gasteiger partial charge in [0.2, 0.25) is 5.91 Å². The molecule has 1 aromatic heterocycles. The first kappa shape index (κ1) is 11.6. The third-order valence-electron chi connectivity index (χ3n) is 1.96. The van der Waals surface area contributed by atoms with Gasteiger partial charge >= 0.3 is 0 Å². The van der Waals surface area contributed by atoms with Crippen molar-refractivity contribution in [2.45, 2.75) is 0 Å². The second-order valence-electron chi connectivity index (χ2n) is 3.10. The molecule has 6 nitrogen and oxygen atoms in total. The molecule has 0 aliphatic carbocycles. The number of benzene rings is 1. The molecule has 0 spiro atoms. The van der Waals surface area contributed by atoms with Crippen LogP contribution in [-0.4, -0.2) is 31.4 Å². The van der Waals surface area contributed by atoms with Gasteiger partial charge in [-0.25, -0.2) is 9.07 Å². The third-order valence-corrected chi connectivity index (χ3v) is 2.47. The quantitative estimate of drug-likeness (QED) is 0.863. The number of carbonyl (C=O) groups is 1. The number of aromatic nitrogens is 4. The number of nitrogens with one attached hydrogen (secondary N) is 1. The Bertz CT molecular complexity index is 530. The maximum Gasteiger partial charge on any atom is 0.235 e. The van der Waals surface area contributed by atoms with Gasteiger partial charge in [-0.3, -0.25) is 4.79 Å². The lowest BCUT2D eigenvalue weighted by molar-refractivity contribution is -0.113. The fraction of sp³-hybridized carbons (Fsp3) is 0.111. The largest absolute Gasteiger partial charge is 0.323 e. The summed E-state index contributed by atoms with van der Waals surface area (Å²) in [6, 6.07) is 4.20. The molecule has 2 rings (SSSR count). The van der Waals surface area contributed by atoms with E-state index in [2.05, 4.69) is 36.8 Å². The standard InChI is InChI=1S/C9H7BrFN5O/c10-4-9(17)13-8-3-6(1-2-7(8)11)16-5-12-14-15-16/h1-3,5H,4H2,(H,13,17). The van der Waals surface area contributed by atoms with Gasteiger partial charge < -0.3 is 5.32 Å². The van der Waals surface area contributed by atoms with Crippen molar-refractivity contribution >= 4 is 27.5 Å². The number of carbonyl (C=O) groups excluding carboxylic acids is 1. The molecule has 0 unspecified atom stereocenters. The average Bonchev–Trinajstić information content (AvgIpc) is 2.85. The van der Waals surface area contributed by atoms with Crippen LogP contribution in [0.15, 0.2) is 24.5 Å². The zero-order valence-corrected chi connectivity index (χ0v) is 10.1. The van der Waals surface area contributed by atoms with Crippen LogP contribution < -0.4 is 5.32 Å². The maximum atomic E-state index is 13.4. The molecule has 0 radical (unpaired) electrons. The topological polar surface area (TPSA) is 72.7 Å². The minimum absolute atomic E-state index is 0.0856. The number of anilines is 1. The first-order chi connectivity index (χ1) is 8.20. The zero-order valence-electron chi connectivity index (χ0n) is 8.47. The van der Waals surface area contributed by atoms with Crippen LogP contribution >= 0.6 is 15.9 Å². The van der Waals surface area contributed by atoms with Gasteiger partial charge in [0.1, 0.15) is 12.1 Å². The van der Waals surface area contributed by atoms with Gasteiger partial charge in [0.05, 0.1) is 16.7 Å². The van der Waals surface area contributed by atoms with E-state index in [4.69, 9.17) is 0 Å². The number of halogens is 2. The third kappa shape index (κ3) is 2.64. The Morgan fingerprint density at radius 1 is 1.53 bits per heavy atom. The van der Waals surface area contributed by atoms with Gasteiger partial charge in [-0.15, -0.1) is 5.10 Å². The van der Waals surface area contributed by atoms with Crippen LogP contribution in [0.1, 0.15) is 0 Å². The van der Waals surface area contributed by atoms with Crippen molar-refractivity contribution < 1.29 is 9.18 Å². The van der Waals surface area contributed by atoms with Crippen LogP contribution in [0.3, 0.4) is 0 Å². The van der Waals surface area contributed by atoms with Crippen molar-refractivity contribution in [2.75, 3.05) is 10.6 Å². The Labute approximate surface area is 104 Å². The SMILES string of the molecule is O=C(CBr)Nc1cc(-n2cnnn2)ccc1F. The molecule has 1 N–H and O–H groups in total. The average molecular weight is 300 g/mol. The monoisotopic (exact) mass is 299 g/mol. The molecule has 0 atom stereocenters. The first-order valence-electron chi connectivity index (χ1n) is 4.59. The van der Waals surface area contributed by atoms with Crippen molar-refractivity contribution in [2.24, 2.45) is 0 Å². The Balaban J connectivity index is 2.33. The molecule has 1 heterocycles. The van der Waals surface area contributed by atoms with Crippen LogP contribution in [0, 0.1) is 5.82 Å². The summed E-state index contributed by atoms with van der Waals surface area (Å²) in [6.45, 7) is 0.